The van der Waals surface area contributed by atoms with Gasteiger partial charge in [-0.3, -0.25) is 19.4 Å². The normalized spacial score (nSPS) is 18.5. The number of carbonyl (C=O) groups is 3. The molecule has 2 aromatic heterocycles. The van der Waals surface area contributed by atoms with Crippen molar-refractivity contribution in [1.82, 2.24) is 15.2 Å². The van der Waals surface area contributed by atoms with Crippen LogP contribution in [0, 0.1) is 0 Å². The molecule has 3 heterocycles. The number of ether oxygens (including phenoxy) is 1. The first-order valence-corrected chi connectivity index (χ1v) is 11.6. The standard InChI is InChI=1S/C25H25N3O5S/c1-25(15-33-14-22(25)30)28(2)24(32)20(10-16-5-3-6-19(29)9-16)27-23(31)18-11-17(12-26-13-18)21-7-4-8-34-21/h3-9,11-13,20,29H,10,14-15H2,1-2H3,(H,27,31). The number of rotatable bonds is 7. The average molecular weight is 480 g/mol. The number of aromatic hydroxyl groups is 1. The number of thiophene rings is 1. The van der Waals surface area contributed by atoms with Crippen LogP contribution in [-0.4, -0.2) is 64.4 Å². The minimum atomic E-state index is -1.11. The predicted molar refractivity (Wildman–Crippen MR) is 128 cm³/mol. The molecule has 34 heavy (non-hydrogen) atoms. The van der Waals surface area contributed by atoms with Crippen LogP contribution in [-0.2, 0) is 20.7 Å². The van der Waals surface area contributed by atoms with Gasteiger partial charge in [-0.05, 0) is 42.1 Å². The van der Waals surface area contributed by atoms with E-state index >= 15 is 0 Å². The fraction of sp³-hybridized carbons (Fsp3) is 0.280. The highest BCUT2D eigenvalue weighted by Crippen LogP contribution is 2.25. The van der Waals surface area contributed by atoms with E-state index in [4.69, 9.17) is 4.74 Å². The highest BCUT2D eigenvalue weighted by atomic mass is 32.1. The Labute approximate surface area is 201 Å². The lowest BCUT2D eigenvalue weighted by Gasteiger charge is -2.35. The van der Waals surface area contributed by atoms with E-state index in [-0.39, 0.29) is 31.2 Å². The number of carbonyl (C=O) groups excluding carboxylic acids is 3. The summed E-state index contributed by atoms with van der Waals surface area (Å²) >= 11 is 1.54. The van der Waals surface area contributed by atoms with Crippen molar-refractivity contribution < 1.29 is 24.2 Å². The van der Waals surface area contributed by atoms with E-state index in [1.165, 1.54) is 41.6 Å². The van der Waals surface area contributed by atoms with Gasteiger partial charge >= 0.3 is 0 Å². The highest BCUT2D eigenvalue weighted by Gasteiger charge is 2.45. The Kier molecular flexibility index (Phi) is 6.76. The van der Waals surface area contributed by atoms with Gasteiger partial charge in [-0.25, -0.2) is 0 Å². The molecule has 1 saturated heterocycles. The number of Topliss-reactive ketones (excluding diaryl/α,β-unsaturated/α-hetero) is 1. The largest absolute Gasteiger partial charge is 0.508 e. The molecule has 8 nitrogen and oxygen atoms in total. The molecule has 0 aliphatic carbocycles. The number of phenols is 1. The van der Waals surface area contributed by atoms with Crippen LogP contribution in [0.15, 0.2) is 60.2 Å². The Morgan fingerprint density at radius 2 is 2.09 bits per heavy atom. The zero-order valence-electron chi connectivity index (χ0n) is 18.9. The molecule has 0 spiro atoms. The van der Waals surface area contributed by atoms with E-state index in [0.29, 0.717) is 11.1 Å². The van der Waals surface area contributed by atoms with Crippen molar-refractivity contribution in [1.29, 1.82) is 0 Å². The summed E-state index contributed by atoms with van der Waals surface area (Å²) in [5.74, 6) is -1.03. The smallest absolute Gasteiger partial charge is 0.253 e. The Hall–Kier alpha value is -3.56. The molecular formula is C25H25N3O5S. The Morgan fingerprint density at radius 1 is 1.26 bits per heavy atom. The SMILES string of the molecule is CN(C(=O)C(Cc1cccc(O)c1)NC(=O)c1cncc(-c2cccs2)c1)C1(C)COCC1=O. The number of nitrogens with zero attached hydrogens (tertiary/aromatic N) is 2. The third-order valence-electron chi connectivity index (χ3n) is 6.05. The maximum atomic E-state index is 13.5. The highest BCUT2D eigenvalue weighted by molar-refractivity contribution is 7.13. The maximum Gasteiger partial charge on any atom is 0.253 e. The molecule has 2 atom stereocenters. The first-order chi connectivity index (χ1) is 16.3. The Bertz CT molecular complexity index is 1210. The zero-order valence-corrected chi connectivity index (χ0v) is 19.7. The van der Waals surface area contributed by atoms with Crippen molar-refractivity contribution in [2.75, 3.05) is 20.3 Å². The number of hydrogen-bond acceptors (Lipinski definition) is 7. The predicted octanol–water partition coefficient (Wildman–Crippen LogP) is 2.67. The number of likely N-dealkylation sites (N-methyl/N-ethyl adjacent to an activating group) is 1. The summed E-state index contributed by atoms with van der Waals surface area (Å²) in [7, 11) is 1.54. The van der Waals surface area contributed by atoms with E-state index in [1.807, 2.05) is 17.5 Å². The first-order valence-electron chi connectivity index (χ1n) is 10.7. The number of aromatic nitrogens is 1. The first kappa shape index (κ1) is 23.6. The van der Waals surface area contributed by atoms with Crippen molar-refractivity contribution in [3.8, 4) is 16.2 Å². The number of amides is 2. The molecule has 176 valence electrons. The summed E-state index contributed by atoms with van der Waals surface area (Å²) in [6.07, 6.45) is 3.26. The van der Waals surface area contributed by atoms with Crippen LogP contribution < -0.4 is 5.32 Å². The second kappa shape index (κ2) is 9.74. The summed E-state index contributed by atoms with van der Waals surface area (Å²) in [6.45, 7) is 1.69. The lowest BCUT2D eigenvalue weighted by Crippen LogP contribution is -2.58. The van der Waals surface area contributed by atoms with E-state index < -0.39 is 23.4 Å². The minimum Gasteiger partial charge on any atom is -0.508 e. The third-order valence-corrected chi connectivity index (χ3v) is 6.97. The average Bonchev–Trinajstić information content (AvgIpc) is 3.49. The fourth-order valence-corrected chi connectivity index (χ4v) is 4.55. The van der Waals surface area contributed by atoms with Gasteiger partial charge in [0.1, 0.15) is 23.9 Å². The minimum absolute atomic E-state index is 0.0567. The molecule has 2 N–H and O–H groups in total. The van der Waals surface area contributed by atoms with Crippen LogP contribution in [0.25, 0.3) is 10.4 Å². The van der Waals surface area contributed by atoms with Gasteiger partial charge in [0.25, 0.3) is 5.91 Å². The molecule has 1 aliphatic rings. The van der Waals surface area contributed by atoms with Crippen molar-refractivity contribution in [2.45, 2.75) is 24.9 Å². The Balaban J connectivity index is 1.60. The molecular weight excluding hydrogens is 454 g/mol. The van der Waals surface area contributed by atoms with E-state index in [9.17, 15) is 19.5 Å². The van der Waals surface area contributed by atoms with Crippen LogP contribution in [0.2, 0.25) is 0 Å². The monoisotopic (exact) mass is 479 g/mol. The van der Waals surface area contributed by atoms with Gasteiger partial charge in [0, 0.05) is 36.3 Å². The number of phenolic OH excluding ortho intramolecular Hbond substituents is 1. The van der Waals surface area contributed by atoms with Crippen molar-refractivity contribution >= 4 is 28.9 Å². The number of pyridine rings is 1. The summed E-state index contributed by atoms with van der Waals surface area (Å²) < 4.78 is 5.29. The summed E-state index contributed by atoms with van der Waals surface area (Å²) in [6, 6.07) is 11.1. The molecule has 2 amide bonds. The fourth-order valence-electron chi connectivity index (χ4n) is 3.84. The molecule has 9 heteroatoms. The van der Waals surface area contributed by atoms with Crippen LogP contribution in [0.1, 0.15) is 22.8 Å². The number of ketones is 1. The van der Waals surface area contributed by atoms with Crippen LogP contribution >= 0.6 is 11.3 Å². The summed E-state index contributed by atoms with van der Waals surface area (Å²) in [5, 5.41) is 14.6. The maximum absolute atomic E-state index is 13.5. The van der Waals surface area contributed by atoms with Gasteiger partial charge in [-0.1, -0.05) is 18.2 Å². The molecule has 0 radical (unpaired) electrons. The molecule has 4 rings (SSSR count). The van der Waals surface area contributed by atoms with Gasteiger partial charge in [-0.15, -0.1) is 11.3 Å². The quantitative estimate of drug-likeness (QED) is 0.539. The molecule has 3 aromatic rings. The molecule has 1 aromatic carbocycles. The lowest BCUT2D eigenvalue weighted by atomic mass is 9.95. The van der Waals surface area contributed by atoms with Gasteiger partial charge in [0.15, 0.2) is 5.78 Å². The van der Waals surface area contributed by atoms with Gasteiger partial charge in [-0.2, -0.15) is 0 Å². The second-order valence-corrected chi connectivity index (χ2v) is 9.37. The lowest BCUT2D eigenvalue weighted by molar-refractivity contribution is -0.142. The van der Waals surface area contributed by atoms with Crippen LogP contribution in [0.4, 0.5) is 0 Å². The topological polar surface area (TPSA) is 109 Å². The zero-order chi connectivity index (χ0) is 24.3. The van der Waals surface area contributed by atoms with Gasteiger partial charge in [0.05, 0.1) is 12.2 Å². The number of nitrogens with one attached hydrogen (secondary N) is 1. The van der Waals surface area contributed by atoms with E-state index in [1.54, 1.807) is 31.3 Å². The van der Waals surface area contributed by atoms with Gasteiger partial charge in [0.2, 0.25) is 5.91 Å². The van der Waals surface area contributed by atoms with Crippen molar-refractivity contribution in [2.24, 2.45) is 0 Å². The molecule has 1 aliphatic heterocycles. The molecule has 1 fully saturated rings. The molecule has 2 unspecified atom stereocenters. The third kappa shape index (κ3) is 4.85. The molecule has 0 bridgehead atoms. The van der Waals surface area contributed by atoms with Crippen LogP contribution in [0.5, 0.6) is 5.75 Å². The van der Waals surface area contributed by atoms with Crippen molar-refractivity contribution in [3.05, 3.63) is 71.4 Å². The van der Waals surface area contributed by atoms with Crippen molar-refractivity contribution in [3.63, 3.8) is 0 Å². The second-order valence-electron chi connectivity index (χ2n) is 8.43. The number of benzene rings is 1. The summed E-state index contributed by atoms with van der Waals surface area (Å²) in [5.41, 5.74) is 0.668. The number of hydrogen-bond donors (Lipinski definition) is 2. The van der Waals surface area contributed by atoms with Crippen LogP contribution in [0.3, 0.4) is 0 Å². The van der Waals surface area contributed by atoms with E-state index in [0.717, 1.165) is 10.4 Å². The van der Waals surface area contributed by atoms with Gasteiger partial charge < -0.3 is 20.1 Å². The Morgan fingerprint density at radius 3 is 2.76 bits per heavy atom. The molecule has 0 saturated carbocycles. The summed E-state index contributed by atoms with van der Waals surface area (Å²) in [4.78, 5) is 45.6. The van der Waals surface area contributed by atoms with E-state index in [2.05, 4.69) is 10.3 Å².